The zero-order valence-electron chi connectivity index (χ0n) is 22.6. The molecule has 0 atom stereocenters. The molecule has 1 aliphatic rings. The Morgan fingerprint density at radius 1 is 1.00 bits per heavy atom. The SMILES string of the molecule is CN1CCN(Cc2ccc(NC(=O)c3cncc(C#Cc4n[nH]c5ccc(SC(F)(F)F)cc45)c3)cc2C(F)(F)F)CC1. The molecule has 43 heavy (non-hydrogen) atoms. The van der Waals surface area contributed by atoms with Crippen LogP contribution in [0.25, 0.3) is 10.9 Å². The number of halogens is 6. The number of carbonyl (C=O) groups excluding carboxylic acids is 1. The molecule has 1 fully saturated rings. The van der Waals surface area contributed by atoms with Gasteiger partial charge < -0.3 is 10.2 Å². The van der Waals surface area contributed by atoms with Crippen molar-refractivity contribution in [1.82, 2.24) is 25.0 Å². The minimum atomic E-state index is -4.61. The van der Waals surface area contributed by atoms with Crippen LogP contribution in [0.4, 0.5) is 32.0 Å². The fourth-order valence-electron chi connectivity index (χ4n) is 4.56. The Morgan fingerprint density at radius 3 is 2.49 bits per heavy atom. The number of rotatable bonds is 5. The first kappa shape index (κ1) is 30.4. The molecule has 1 amide bonds. The van der Waals surface area contributed by atoms with Gasteiger partial charge in [-0.1, -0.05) is 12.0 Å². The maximum Gasteiger partial charge on any atom is 0.446 e. The highest BCUT2D eigenvalue weighted by Crippen LogP contribution is 2.38. The molecule has 3 heterocycles. The number of thioether (sulfide) groups is 1. The number of alkyl halides is 6. The Kier molecular flexibility index (Phi) is 8.68. The summed E-state index contributed by atoms with van der Waals surface area (Å²) in [7, 11) is 1.97. The molecule has 0 bridgehead atoms. The summed E-state index contributed by atoms with van der Waals surface area (Å²) in [5, 5.41) is 9.64. The number of amides is 1. The first-order chi connectivity index (χ1) is 20.3. The van der Waals surface area contributed by atoms with Gasteiger partial charge in [-0.25, -0.2) is 0 Å². The van der Waals surface area contributed by atoms with Crippen LogP contribution in [0.1, 0.15) is 32.7 Å². The van der Waals surface area contributed by atoms with E-state index < -0.39 is 23.2 Å². The summed E-state index contributed by atoms with van der Waals surface area (Å²) in [5.74, 6) is 4.87. The molecule has 0 aliphatic carbocycles. The minimum Gasteiger partial charge on any atom is -0.322 e. The molecule has 4 aromatic rings. The van der Waals surface area contributed by atoms with Crippen LogP contribution in [-0.2, 0) is 12.7 Å². The molecule has 1 saturated heterocycles. The quantitative estimate of drug-likeness (QED) is 0.163. The molecule has 0 unspecified atom stereocenters. The third-order valence-electron chi connectivity index (χ3n) is 6.76. The predicted octanol–water partition coefficient (Wildman–Crippen LogP) is 5.99. The van der Waals surface area contributed by atoms with Crippen LogP contribution >= 0.6 is 11.8 Å². The van der Waals surface area contributed by atoms with E-state index >= 15 is 0 Å². The second-order valence-electron chi connectivity index (χ2n) is 9.94. The fraction of sp³-hybridized carbons (Fsp3) is 0.276. The van der Waals surface area contributed by atoms with Gasteiger partial charge in [0.05, 0.1) is 16.6 Å². The maximum absolute atomic E-state index is 13.9. The average molecular weight is 619 g/mol. The Labute approximate surface area is 246 Å². The zero-order chi connectivity index (χ0) is 30.8. The van der Waals surface area contributed by atoms with E-state index in [0.29, 0.717) is 29.6 Å². The van der Waals surface area contributed by atoms with Crippen molar-refractivity contribution >= 4 is 34.3 Å². The third kappa shape index (κ3) is 7.86. The van der Waals surface area contributed by atoms with Gasteiger partial charge in [-0.05, 0) is 66.7 Å². The second kappa shape index (κ2) is 12.3. The lowest BCUT2D eigenvalue weighted by Crippen LogP contribution is -2.44. The number of likely N-dealkylation sites (N-methyl/N-ethyl adjacent to an activating group) is 1. The Bertz CT molecular complexity index is 1700. The molecule has 14 heteroatoms. The highest BCUT2D eigenvalue weighted by molar-refractivity contribution is 8.00. The van der Waals surface area contributed by atoms with Crippen molar-refractivity contribution in [3.05, 3.63) is 82.8 Å². The number of carbonyl (C=O) groups is 1. The van der Waals surface area contributed by atoms with Crippen LogP contribution in [-0.4, -0.2) is 69.6 Å². The van der Waals surface area contributed by atoms with Gasteiger partial charge >= 0.3 is 11.7 Å². The van der Waals surface area contributed by atoms with Crippen molar-refractivity contribution in [1.29, 1.82) is 0 Å². The number of fused-ring (bicyclic) bond motifs is 1. The summed E-state index contributed by atoms with van der Waals surface area (Å²) in [5.41, 5.74) is -4.11. The van der Waals surface area contributed by atoms with Crippen molar-refractivity contribution < 1.29 is 31.1 Å². The monoisotopic (exact) mass is 618 g/mol. The smallest absolute Gasteiger partial charge is 0.322 e. The first-order valence-electron chi connectivity index (χ1n) is 13.0. The number of anilines is 1. The summed E-state index contributed by atoms with van der Waals surface area (Å²) in [6, 6.07) is 9.26. The Morgan fingerprint density at radius 2 is 1.77 bits per heavy atom. The number of hydrogen-bond donors (Lipinski definition) is 2. The topological polar surface area (TPSA) is 77.2 Å². The summed E-state index contributed by atoms with van der Waals surface area (Å²) >= 11 is -0.252. The van der Waals surface area contributed by atoms with Crippen LogP contribution in [0.15, 0.2) is 59.8 Å². The van der Waals surface area contributed by atoms with Gasteiger partial charge in [0.1, 0.15) is 5.69 Å². The number of pyridine rings is 1. The Hall–Kier alpha value is -4.06. The number of hydrogen-bond acceptors (Lipinski definition) is 6. The zero-order valence-corrected chi connectivity index (χ0v) is 23.4. The molecule has 2 aromatic carbocycles. The van der Waals surface area contributed by atoms with E-state index in [1.54, 1.807) is 0 Å². The average Bonchev–Trinajstić information content (AvgIpc) is 3.34. The summed E-state index contributed by atoms with van der Waals surface area (Å²) in [6.45, 7) is 3.01. The van der Waals surface area contributed by atoms with Gasteiger partial charge in [0.25, 0.3) is 5.91 Å². The number of aromatic amines is 1. The van der Waals surface area contributed by atoms with E-state index in [9.17, 15) is 31.1 Å². The number of H-pyrrole nitrogens is 1. The van der Waals surface area contributed by atoms with Gasteiger partial charge in [0, 0.05) is 66.7 Å². The molecule has 1 aliphatic heterocycles. The molecular weight excluding hydrogens is 594 g/mol. The highest BCUT2D eigenvalue weighted by atomic mass is 32.2. The third-order valence-corrected chi connectivity index (χ3v) is 7.48. The number of benzene rings is 2. The fourth-order valence-corrected chi connectivity index (χ4v) is 5.14. The van der Waals surface area contributed by atoms with Crippen LogP contribution in [0, 0.1) is 11.8 Å². The number of nitrogens with one attached hydrogen (secondary N) is 2. The normalized spacial score (nSPS) is 14.9. The lowest BCUT2D eigenvalue weighted by molar-refractivity contribution is -0.138. The molecule has 0 radical (unpaired) electrons. The summed E-state index contributed by atoms with van der Waals surface area (Å²) in [4.78, 5) is 21.0. The van der Waals surface area contributed by atoms with Crippen LogP contribution in [0.3, 0.4) is 0 Å². The van der Waals surface area contributed by atoms with Crippen LogP contribution in [0.2, 0.25) is 0 Å². The van der Waals surface area contributed by atoms with Crippen molar-refractivity contribution in [3.8, 4) is 11.8 Å². The van der Waals surface area contributed by atoms with Gasteiger partial charge in [-0.3, -0.25) is 19.8 Å². The van der Waals surface area contributed by atoms with Crippen molar-refractivity contribution in [2.75, 3.05) is 38.5 Å². The van der Waals surface area contributed by atoms with Gasteiger partial charge in [0.15, 0.2) is 0 Å². The summed E-state index contributed by atoms with van der Waals surface area (Å²) in [6.07, 6.45) is -1.99. The van der Waals surface area contributed by atoms with E-state index in [-0.39, 0.29) is 45.7 Å². The van der Waals surface area contributed by atoms with Crippen LogP contribution < -0.4 is 5.32 Å². The maximum atomic E-state index is 13.9. The molecule has 0 saturated carbocycles. The lowest BCUT2D eigenvalue weighted by atomic mass is 10.0. The van der Waals surface area contributed by atoms with E-state index in [4.69, 9.17) is 0 Å². The van der Waals surface area contributed by atoms with Gasteiger partial charge in [0.2, 0.25) is 0 Å². The number of aromatic nitrogens is 3. The van der Waals surface area contributed by atoms with Crippen molar-refractivity contribution in [3.63, 3.8) is 0 Å². The van der Waals surface area contributed by atoms with E-state index in [1.165, 1.54) is 48.8 Å². The molecular formula is C29H24F6N6OS. The standard InChI is InChI=1S/C29H24F6N6OS/c1-40-8-10-41(11-9-40)17-19-3-4-21(13-24(19)28(30,31)32)37-27(42)20-12-18(15-36-16-20)2-6-25-23-14-22(43-29(33,34)35)5-7-26(23)39-38-25/h3-5,7,12-16H,8-11,17H2,1H3,(H,37,42)(H,38,39). The van der Waals surface area contributed by atoms with E-state index in [1.807, 2.05) is 11.9 Å². The highest BCUT2D eigenvalue weighted by Gasteiger charge is 2.34. The molecule has 7 nitrogen and oxygen atoms in total. The second-order valence-corrected chi connectivity index (χ2v) is 11.1. The van der Waals surface area contributed by atoms with Crippen LogP contribution in [0.5, 0.6) is 0 Å². The minimum absolute atomic E-state index is 0.0218. The number of nitrogens with zero attached hydrogens (tertiary/aromatic N) is 4. The molecule has 2 N–H and O–H groups in total. The lowest BCUT2D eigenvalue weighted by Gasteiger charge is -2.33. The van der Waals surface area contributed by atoms with Crippen molar-refractivity contribution in [2.45, 2.75) is 23.1 Å². The predicted molar refractivity (Wildman–Crippen MR) is 150 cm³/mol. The van der Waals surface area contributed by atoms with E-state index in [2.05, 4.69) is 37.2 Å². The molecule has 224 valence electrons. The van der Waals surface area contributed by atoms with E-state index in [0.717, 1.165) is 19.2 Å². The summed E-state index contributed by atoms with van der Waals surface area (Å²) < 4.78 is 80.1. The molecule has 0 spiro atoms. The Balaban J connectivity index is 1.32. The van der Waals surface area contributed by atoms with Gasteiger partial charge in [-0.2, -0.15) is 31.4 Å². The van der Waals surface area contributed by atoms with Gasteiger partial charge in [-0.15, -0.1) is 0 Å². The molecule has 5 rings (SSSR count). The largest absolute Gasteiger partial charge is 0.446 e. The first-order valence-corrected chi connectivity index (χ1v) is 13.8. The number of piperazine rings is 1. The van der Waals surface area contributed by atoms with Crippen molar-refractivity contribution in [2.24, 2.45) is 0 Å². The molecule has 2 aromatic heterocycles.